The van der Waals surface area contributed by atoms with Crippen molar-refractivity contribution in [3.63, 3.8) is 0 Å². The zero-order chi connectivity index (χ0) is 11.2. The Hall–Kier alpha value is -0.210. The van der Waals surface area contributed by atoms with Crippen molar-refractivity contribution in [1.29, 1.82) is 0 Å². The molecule has 0 aromatic rings. The van der Waals surface area contributed by atoms with Gasteiger partial charge in [0.1, 0.15) is 0 Å². The predicted octanol–water partition coefficient (Wildman–Crippen LogP) is -1.45. The van der Waals surface area contributed by atoms with E-state index in [4.69, 9.17) is 14.8 Å². The average molecular weight is 227 g/mol. The van der Waals surface area contributed by atoms with Crippen molar-refractivity contribution in [2.45, 2.75) is 12.2 Å². The van der Waals surface area contributed by atoms with E-state index in [9.17, 15) is 8.42 Å². The molecule has 0 rings (SSSR count). The van der Waals surface area contributed by atoms with Crippen molar-refractivity contribution in [1.82, 2.24) is 4.90 Å². The number of nitrogens with zero attached hydrogens (tertiary/aromatic N) is 1. The van der Waals surface area contributed by atoms with Gasteiger partial charge in [-0.2, -0.15) is 8.42 Å². The highest BCUT2D eigenvalue weighted by molar-refractivity contribution is 7.86. The minimum absolute atomic E-state index is 0.0972. The summed E-state index contributed by atoms with van der Waals surface area (Å²) in [6, 6.07) is 0. The van der Waals surface area contributed by atoms with Gasteiger partial charge in [0.15, 0.2) is 0 Å². The highest BCUT2D eigenvalue weighted by atomic mass is 32.2. The maximum absolute atomic E-state index is 10.7. The summed E-state index contributed by atoms with van der Waals surface area (Å²) in [7, 11) is -4.04. The molecule has 0 aromatic carbocycles. The lowest BCUT2D eigenvalue weighted by Crippen LogP contribution is -2.38. The molecule has 0 saturated heterocycles. The van der Waals surface area contributed by atoms with Crippen LogP contribution in [0.2, 0.25) is 0 Å². The molecule has 0 aliphatic heterocycles. The Kier molecular flexibility index (Phi) is 6.21. The third-order valence-corrected chi connectivity index (χ3v) is 3.02. The third-order valence-electron chi connectivity index (χ3n) is 1.86. The molecule has 86 valence electrons. The van der Waals surface area contributed by atoms with Crippen molar-refractivity contribution < 1.29 is 23.2 Å². The van der Waals surface area contributed by atoms with E-state index >= 15 is 0 Å². The lowest BCUT2D eigenvalue weighted by molar-refractivity contribution is 0.161. The summed E-state index contributed by atoms with van der Waals surface area (Å²) < 4.78 is 30.1. The van der Waals surface area contributed by atoms with Gasteiger partial charge in [0, 0.05) is 19.6 Å². The second-order valence-corrected chi connectivity index (χ2v) is 4.91. The topological polar surface area (TPSA) is 98.1 Å². The van der Waals surface area contributed by atoms with Gasteiger partial charge in [-0.05, 0) is 6.92 Å². The molecule has 0 amide bonds. The van der Waals surface area contributed by atoms with Gasteiger partial charge < -0.3 is 10.2 Å². The first-order chi connectivity index (χ1) is 6.41. The van der Waals surface area contributed by atoms with Gasteiger partial charge in [-0.15, -0.1) is 0 Å². The first-order valence-corrected chi connectivity index (χ1v) is 5.82. The Labute approximate surface area is 83.9 Å². The predicted molar refractivity (Wildman–Crippen MR) is 51.6 cm³/mol. The summed E-state index contributed by atoms with van der Waals surface area (Å²) in [6.45, 7) is 1.80. The molecule has 6 nitrogen and oxygen atoms in total. The molecule has 0 radical (unpaired) electrons. The first kappa shape index (κ1) is 13.8. The Bertz CT molecular complexity index is 234. The lowest BCUT2D eigenvalue weighted by Gasteiger charge is -2.22. The van der Waals surface area contributed by atoms with Crippen LogP contribution in [0.15, 0.2) is 0 Å². The van der Waals surface area contributed by atoms with E-state index in [1.165, 1.54) is 6.92 Å². The maximum atomic E-state index is 10.7. The van der Waals surface area contributed by atoms with E-state index < -0.39 is 15.4 Å². The van der Waals surface area contributed by atoms with Gasteiger partial charge in [-0.1, -0.05) is 0 Å². The fourth-order valence-corrected chi connectivity index (χ4v) is 1.43. The second kappa shape index (κ2) is 6.31. The van der Waals surface area contributed by atoms with Crippen LogP contribution in [0.1, 0.15) is 6.92 Å². The molecule has 1 atom stereocenters. The average Bonchev–Trinajstić information content (AvgIpc) is 2.03. The molecule has 0 aromatic heterocycles. The zero-order valence-corrected chi connectivity index (χ0v) is 8.94. The molecule has 0 aliphatic carbocycles. The Balaban J connectivity index is 4.15. The largest absolute Gasteiger partial charge is 0.395 e. The lowest BCUT2D eigenvalue weighted by atomic mass is 10.4. The molecular formula is C7H17NO5S. The monoisotopic (exact) mass is 227 g/mol. The molecule has 0 fully saturated rings. The third kappa shape index (κ3) is 5.51. The van der Waals surface area contributed by atoms with Gasteiger partial charge in [0.05, 0.1) is 18.5 Å². The van der Waals surface area contributed by atoms with Crippen LogP contribution in [-0.2, 0) is 10.1 Å². The number of hydrogen-bond acceptors (Lipinski definition) is 5. The Morgan fingerprint density at radius 1 is 1.21 bits per heavy atom. The quantitative estimate of drug-likeness (QED) is 0.460. The van der Waals surface area contributed by atoms with Gasteiger partial charge in [0.2, 0.25) is 0 Å². The summed E-state index contributed by atoms with van der Waals surface area (Å²) in [6.07, 6.45) is 0. The van der Waals surface area contributed by atoms with Crippen LogP contribution in [-0.4, -0.2) is 66.2 Å². The van der Waals surface area contributed by atoms with Crippen molar-refractivity contribution in [2.24, 2.45) is 0 Å². The number of rotatable bonds is 7. The fraction of sp³-hybridized carbons (Fsp3) is 1.00. The molecule has 0 saturated carbocycles. The summed E-state index contributed by atoms with van der Waals surface area (Å²) >= 11 is 0. The molecule has 3 N–H and O–H groups in total. The second-order valence-electron chi connectivity index (χ2n) is 3.07. The number of aliphatic hydroxyl groups is 2. The van der Waals surface area contributed by atoms with Gasteiger partial charge in [-0.25, -0.2) is 0 Å². The molecule has 0 spiro atoms. The Morgan fingerprint density at radius 2 is 1.64 bits per heavy atom. The normalized spacial score (nSPS) is 14.6. The first-order valence-electron chi connectivity index (χ1n) is 4.32. The fourth-order valence-electron chi connectivity index (χ4n) is 1.04. The van der Waals surface area contributed by atoms with E-state index in [1.807, 2.05) is 0 Å². The summed E-state index contributed by atoms with van der Waals surface area (Å²) in [5, 5.41) is 16.4. The smallest absolute Gasteiger partial charge is 0.268 e. The van der Waals surface area contributed by atoms with Crippen LogP contribution in [0.5, 0.6) is 0 Å². The van der Waals surface area contributed by atoms with Gasteiger partial charge in [-0.3, -0.25) is 9.45 Å². The number of hydrogen-bond donors (Lipinski definition) is 3. The standard InChI is InChI=1S/C7H17NO5S/c1-7(14(11,12)13)6-8(2-4-9)3-5-10/h7,9-10H,2-6H2,1H3,(H,11,12,13). The van der Waals surface area contributed by atoms with Crippen LogP contribution in [0, 0.1) is 0 Å². The van der Waals surface area contributed by atoms with Crippen LogP contribution in [0.3, 0.4) is 0 Å². The van der Waals surface area contributed by atoms with Gasteiger partial charge in [0.25, 0.3) is 10.1 Å². The van der Waals surface area contributed by atoms with Crippen molar-refractivity contribution >= 4 is 10.1 Å². The zero-order valence-electron chi connectivity index (χ0n) is 8.13. The van der Waals surface area contributed by atoms with E-state index in [-0.39, 0.29) is 32.8 Å². The van der Waals surface area contributed by atoms with E-state index in [0.717, 1.165) is 0 Å². The molecule has 14 heavy (non-hydrogen) atoms. The van der Waals surface area contributed by atoms with Crippen LogP contribution in [0.25, 0.3) is 0 Å². The molecule has 0 aliphatic rings. The SMILES string of the molecule is CC(CN(CCO)CCO)S(=O)(=O)O. The molecule has 1 unspecified atom stereocenters. The maximum Gasteiger partial charge on any atom is 0.268 e. The van der Waals surface area contributed by atoms with E-state index in [0.29, 0.717) is 0 Å². The molecule has 0 bridgehead atoms. The summed E-state index contributed by atoms with van der Waals surface area (Å²) in [5.41, 5.74) is 0. The molecule has 0 heterocycles. The minimum Gasteiger partial charge on any atom is -0.395 e. The Morgan fingerprint density at radius 3 is 1.93 bits per heavy atom. The highest BCUT2D eigenvalue weighted by Gasteiger charge is 2.20. The van der Waals surface area contributed by atoms with Crippen molar-refractivity contribution in [3.8, 4) is 0 Å². The minimum atomic E-state index is -4.04. The number of aliphatic hydroxyl groups excluding tert-OH is 2. The van der Waals surface area contributed by atoms with Crippen molar-refractivity contribution in [3.05, 3.63) is 0 Å². The summed E-state index contributed by atoms with van der Waals surface area (Å²) in [4.78, 5) is 1.57. The van der Waals surface area contributed by atoms with Crippen LogP contribution in [0.4, 0.5) is 0 Å². The van der Waals surface area contributed by atoms with E-state index in [1.54, 1.807) is 4.90 Å². The van der Waals surface area contributed by atoms with Gasteiger partial charge >= 0.3 is 0 Å². The van der Waals surface area contributed by atoms with Crippen molar-refractivity contribution in [2.75, 3.05) is 32.8 Å². The summed E-state index contributed by atoms with van der Waals surface area (Å²) in [5.74, 6) is 0. The van der Waals surface area contributed by atoms with E-state index in [2.05, 4.69) is 0 Å². The molecule has 7 heteroatoms. The van der Waals surface area contributed by atoms with Crippen LogP contribution < -0.4 is 0 Å². The molecular weight excluding hydrogens is 210 g/mol. The highest BCUT2D eigenvalue weighted by Crippen LogP contribution is 2.00. The van der Waals surface area contributed by atoms with Crippen LogP contribution >= 0.6 is 0 Å².